The standard InChI is InChI=1S/C33H22N4S/c1-2-6-21(7-3-1)24-16-29-33(36-20-24)27-17-26-25-8-4-5-9-30(25)38-31(26)18-28(27)37(29)32-11-10-23(19-35-32)22-12-14-34-15-13-22/h1-2,4-6,8-20H,3,7H2. The van der Waals surface area contributed by atoms with E-state index in [2.05, 4.69) is 82.4 Å². The summed E-state index contributed by atoms with van der Waals surface area (Å²) in [4.78, 5) is 14.2. The summed E-state index contributed by atoms with van der Waals surface area (Å²) >= 11 is 1.84. The van der Waals surface area contributed by atoms with Crippen LogP contribution in [0.4, 0.5) is 0 Å². The quantitative estimate of drug-likeness (QED) is 0.241. The lowest BCUT2D eigenvalue weighted by Gasteiger charge is -2.11. The minimum atomic E-state index is 0.889. The Morgan fingerprint density at radius 1 is 0.711 bits per heavy atom. The minimum Gasteiger partial charge on any atom is -0.292 e. The van der Waals surface area contributed by atoms with Crippen LogP contribution < -0.4 is 0 Å². The fraction of sp³-hybridized carbons (Fsp3) is 0.0606. The molecule has 0 unspecified atom stereocenters. The highest BCUT2D eigenvalue weighted by atomic mass is 32.1. The predicted octanol–water partition coefficient (Wildman–Crippen LogP) is 8.74. The first kappa shape index (κ1) is 21.5. The van der Waals surface area contributed by atoms with E-state index in [1.807, 2.05) is 48.3 Å². The molecule has 38 heavy (non-hydrogen) atoms. The SMILES string of the molecule is C1=CCCC(c2cnc3c4cc5c(cc4n(-c4ccc(-c6ccncc6)cn4)c3c2)sc2ccccc25)=C1. The van der Waals surface area contributed by atoms with Crippen molar-refractivity contribution in [3.8, 4) is 16.9 Å². The van der Waals surface area contributed by atoms with E-state index in [1.54, 1.807) is 0 Å². The molecule has 5 heterocycles. The van der Waals surface area contributed by atoms with E-state index >= 15 is 0 Å². The smallest absolute Gasteiger partial charge is 0.137 e. The Bertz CT molecular complexity index is 2060. The molecule has 0 radical (unpaired) electrons. The molecule has 2 aromatic carbocycles. The zero-order chi connectivity index (χ0) is 25.1. The van der Waals surface area contributed by atoms with E-state index in [9.17, 15) is 0 Å². The van der Waals surface area contributed by atoms with Gasteiger partial charge in [-0.15, -0.1) is 11.3 Å². The molecular weight excluding hydrogens is 484 g/mol. The maximum absolute atomic E-state index is 5.05. The lowest BCUT2D eigenvalue weighted by molar-refractivity contribution is 1.05. The summed E-state index contributed by atoms with van der Waals surface area (Å²) in [5.41, 5.74) is 7.90. The first-order valence-corrected chi connectivity index (χ1v) is 13.6. The number of fused-ring (bicyclic) bond motifs is 6. The number of hydrogen-bond acceptors (Lipinski definition) is 4. The molecule has 0 saturated heterocycles. The highest BCUT2D eigenvalue weighted by Gasteiger charge is 2.18. The topological polar surface area (TPSA) is 43.6 Å². The lowest BCUT2D eigenvalue weighted by Crippen LogP contribution is -1.98. The van der Waals surface area contributed by atoms with Crippen LogP contribution in [-0.4, -0.2) is 19.5 Å². The third-order valence-electron chi connectivity index (χ3n) is 7.47. The number of rotatable bonds is 3. The summed E-state index contributed by atoms with van der Waals surface area (Å²) in [6.07, 6.45) is 16.3. The van der Waals surface area contributed by atoms with E-state index in [1.165, 1.54) is 31.3 Å². The minimum absolute atomic E-state index is 0.889. The summed E-state index contributed by atoms with van der Waals surface area (Å²) < 4.78 is 4.86. The van der Waals surface area contributed by atoms with Gasteiger partial charge in [0, 0.05) is 55.9 Å². The molecule has 0 saturated carbocycles. The van der Waals surface area contributed by atoms with Gasteiger partial charge in [0.2, 0.25) is 0 Å². The van der Waals surface area contributed by atoms with Crippen LogP contribution >= 0.6 is 11.3 Å². The molecule has 1 aliphatic rings. The van der Waals surface area contributed by atoms with Crippen molar-refractivity contribution in [3.05, 3.63) is 115 Å². The maximum Gasteiger partial charge on any atom is 0.137 e. The monoisotopic (exact) mass is 506 g/mol. The van der Waals surface area contributed by atoms with Crippen LogP contribution in [0.25, 0.3) is 64.6 Å². The fourth-order valence-corrected chi connectivity index (χ4v) is 6.72. The zero-order valence-corrected chi connectivity index (χ0v) is 21.3. The Morgan fingerprint density at radius 3 is 2.45 bits per heavy atom. The van der Waals surface area contributed by atoms with Crippen molar-refractivity contribution >= 4 is 59.0 Å². The molecule has 0 aliphatic heterocycles. The van der Waals surface area contributed by atoms with Gasteiger partial charge in [0.15, 0.2) is 0 Å². The maximum atomic E-state index is 5.05. The average molecular weight is 507 g/mol. The van der Waals surface area contributed by atoms with Gasteiger partial charge < -0.3 is 0 Å². The fourth-order valence-electron chi connectivity index (χ4n) is 5.60. The van der Waals surface area contributed by atoms with Gasteiger partial charge in [0.1, 0.15) is 5.82 Å². The van der Waals surface area contributed by atoms with Crippen LogP contribution in [0.2, 0.25) is 0 Å². The van der Waals surface area contributed by atoms with E-state index < -0.39 is 0 Å². The van der Waals surface area contributed by atoms with Crippen molar-refractivity contribution in [2.45, 2.75) is 12.8 Å². The molecule has 0 N–H and O–H groups in total. The molecule has 7 aromatic rings. The Kier molecular flexibility index (Phi) is 4.79. The molecule has 5 heteroatoms. The molecular formula is C33H22N4S. The molecule has 0 bridgehead atoms. The molecule has 0 amide bonds. The second-order valence-corrected chi connectivity index (χ2v) is 10.8. The molecule has 5 aromatic heterocycles. The van der Waals surface area contributed by atoms with Gasteiger partial charge >= 0.3 is 0 Å². The van der Waals surface area contributed by atoms with Gasteiger partial charge in [-0.2, -0.15) is 0 Å². The van der Waals surface area contributed by atoms with Gasteiger partial charge in [0.25, 0.3) is 0 Å². The summed E-state index contributed by atoms with van der Waals surface area (Å²) in [6.45, 7) is 0. The normalized spacial score (nSPS) is 13.6. The molecule has 4 nitrogen and oxygen atoms in total. The summed E-state index contributed by atoms with van der Waals surface area (Å²) in [5, 5.41) is 3.73. The van der Waals surface area contributed by atoms with E-state index in [-0.39, 0.29) is 0 Å². The largest absolute Gasteiger partial charge is 0.292 e. The predicted molar refractivity (Wildman–Crippen MR) is 159 cm³/mol. The molecule has 1 aliphatic carbocycles. The van der Waals surface area contributed by atoms with E-state index in [4.69, 9.17) is 9.97 Å². The van der Waals surface area contributed by atoms with Gasteiger partial charge in [-0.1, -0.05) is 36.4 Å². The third kappa shape index (κ3) is 3.32. The van der Waals surface area contributed by atoms with Gasteiger partial charge in [-0.05, 0) is 78.1 Å². The van der Waals surface area contributed by atoms with E-state index in [0.717, 1.165) is 51.7 Å². The summed E-state index contributed by atoms with van der Waals surface area (Å²) in [5.74, 6) is 0.889. The summed E-state index contributed by atoms with van der Waals surface area (Å²) in [6, 6.07) is 23.8. The van der Waals surface area contributed by atoms with Crippen LogP contribution in [-0.2, 0) is 0 Å². The van der Waals surface area contributed by atoms with Crippen molar-refractivity contribution in [1.82, 2.24) is 19.5 Å². The number of aromatic nitrogens is 4. The molecule has 8 rings (SSSR count). The van der Waals surface area contributed by atoms with Crippen molar-refractivity contribution in [3.63, 3.8) is 0 Å². The Hall–Kier alpha value is -4.61. The Labute approximate surface area is 223 Å². The van der Waals surface area contributed by atoms with Crippen LogP contribution in [0.3, 0.4) is 0 Å². The van der Waals surface area contributed by atoms with Gasteiger partial charge in [-0.3, -0.25) is 14.5 Å². The number of benzene rings is 2. The van der Waals surface area contributed by atoms with Crippen LogP contribution in [0, 0.1) is 0 Å². The van der Waals surface area contributed by atoms with Crippen molar-refractivity contribution in [2.24, 2.45) is 0 Å². The van der Waals surface area contributed by atoms with Gasteiger partial charge in [-0.25, -0.2) is 4.98 Å². The first-order valence-electron chi connectivity index (χ1n) is 12.8. The number of allylic oxidation sites excluding steroid dienone is 4. The molecule has 0 atom stereocenters. The molecule has 180 valence electrons. The zero-order valence-electron chi connectivity index (χ0n) is 20.5. The third-order valence-corrected chi connectivity index (χ3v) is 8.61. The van der Waals surface area contributed by atoms with Crippen molar-refractivity contribution in [2.75, 3.05) is 0 Å². The number of hydrogen-bond donors (Lipinski definition) is 0. The highest BCUT2D eigenvalue weighted by Crippen LogP contribution is 2.40. The average Bonchev–Trinajstić information content (AvgIpc) is 3.51. The molecule has 0 spiro atoms. The van der Waals surface area contributed by atoms with Crippen LogP contribution in [0.1, 0.15) is 18.4 Å². The second kappa shape index (κ2) is 8.47. The van der Waals surface area contributed by atoms with Crippen molar-refractivity contribution < 1.29 is 0 Å². The Morgan fingerprint density at radius 2 is 1.61 bits per heavy atom. The summed E-state index contributed by atoms with van der Waals surface area (Å²) in [7, 11) is 0. The van der Waals surface area contributed by atoms with Crippen LogP contribution in [0.5, 0.6) is 0 Å². The second-order valence-electron chi connectivity index (χ2n) is 9.69. The number of thiophene rings is 1. The lowest BCUT2D eigenvalue weighted by atomic mass is 9.98. The molecule has 0 fully saturated rings. The van der Waals surface area contributed by atoms with Crippen LogP contribution in [0.15, 0.2) is 110 Å². The number of pyridine rings is 3. The first-order chi connectivity index (χ1) is 18.8. The van der Waals surface area contributed by atoms with Crippen molar-refractivity contribution in [1.29, 1.82) is 0 Å². The van der Waals surface area contributed by atoms with E-state index in [0.29, 0.717) is 0 Å². The van der Waals surface area contributed by atoms with Gasteiger partial charge in [0.05, 0.1) is 16.6 Å². The number of nitrogens with zero attached hydrogens (tertiary/aromatic N) is 4. The Balaban J connectivity index is 1.41. The highest BCUT2D eigenvalue weighted by molar-refractivity contribution is 7.25.